The van der Waals surface area contributed by atoms with Gasteiger partial charge in [-0.1, -0.05) is 30.3 Å². The van der Waals surface area contributed by atoms with Crippen molar-refractivity contribution in [1.82, 2.24) is 20.4 Å². The molecule has 5 rings (SSSR count). The summed E-state index contributed by atoms with van der Waals surface area (Å²) in [6.07, 6.45) is 3.25. The summed E-state index contributed by atoms with van der Waals surface area (Å²) in [6.45, 7) is 0.173. The van der Waals surface area contributed by atoms with Crippen LogP contribution in [-0.4, -0.2) is 33.7 Å². The third kappa shape index (κ3) is 5.02. The van der Waals surface area contributed by atoms with Crippen molar-refractivity contribution in [2.75, 3.05) is 6.61 Å². The van der Waals surface area contributed by atoms with E-state index >= 15 is 0 Å². The van der Waals surface area contributed by atoms with E-state index in [0.717, 1.165) is 27.8 Å². The topological polar surface area (TPSA) is 101 Å². The van der Waals surface area contributed by atoms with Gasteiger partial charge in [-0.25, -0.2) is 10.4 Å². The molecule has 0 radical (unpaired) electrons. The molecule has 8 nitrogen and oxygen atoms in total. The highest BCUT2D eigenvalue weighted by Crippen LogP contribution is 2.22. The molecule has 1 amide bonds. The molecule has 8 heteroatoms. The second kappa shape index (κ2) is 9.83. The van der Waals surface area contributed by atoms with E-state index in [1.165, 1.54) is 0 Å². The van der Waals surface area contributed by atoms with E-state index in [1.54, 1.807) is 18.5 Å². The van der Waals surface area contributed by atoms with E-state index < -0.39 is 0 Å². The van der Waals surface area contributed by atoms with Gasteiger partial charge in [0.05, 0.1) is 17.2 Å². The molecule has 2 aromatic heterocycles. The Morgan fingerprint density at radius 1 is 0.971 bits per heavy atom. The van der Waals surface area contributed by atoms with E-state index in [4.69, 9.17) is 9.47 Å². The van der Waals surface area contributed by atoms with Crippen molar-refractivity contribution >= 4 is 34.1 Å². The third-order valence-electron chi connectivity index (χ3n) is 5.05. The number of ether oxygens (including phenoxy) is 2. The first-order valence-corrected chi connectivity index (χ1v) is 10.7. The zero-order valence-electron chi connectivity index (χ0n) is 18.1. The van der Waals surface area contributed by atoms with Crippen LogP contribution in [-0.2, 0) is 11.4 Å². The summed E-state index contributed by atoms with van der Waals surface area (Å²) in [5.74, 6) is 1.65. The maximum absolute atomic E-state index is 12.1. The predicted octanol–water partition coefficient (Wildman–Crippen LogP) is 4.22. The SMILES string of the molecule is O=C(COc1cccc2cccnc12)N/N=C\c1ccc(OCc2nc3ccccc3[nH]2)cc1. The highest BCUT2D eigenvalue weighted by Gasteiger charge is 2.06. The van der Waals surface area contributed by atoms with Crippen molar-refractivity contribution in [3.63, 3.8) is 0 Å². The van der Waals surface area contributed by atoms with E-state index in [9.17, 15) is 4.79 Å². The first-order chi connectivity index (χ1) is 16.7. The number of pyridine rings is 1. The molecule has 2 heterocycles. The van der Waals surface area contributed by atoms with Gasteiger partial charge in [-0.05, 0) is 54.1 Å². The van der Waals surface area contributed by atoms with Gasteiger partial charge in [0.2, 0.25) is 0 Å². The summed E-state index contributed by atoms with van der Waals surface area (Å²) in [5, 5.41) is 4.94. The Morgan fingerprint density at radius 3 is 2.71 bits per heavy atom. The van der Waals surface area contributed by atoms with Gasteiger partial charge in [0.15, 0.2) is 6.61 Å². The first-order valence-electron chi connectivity index (χ1n) is 10.7. The smallest absolute Gasteiger partial charge is 0.277 e. The fraction of sp³-hybridized carbons (Fsp3) is 0.0769. The van der Waals surface area contributed by atoms with Crippen LogP contribution in [0.2, 0.25) is 0 Å². The molecule has 0 aliphatic carbocycles. The number of hydrogen-bond acceptors (Lipinski definition) is 6. The number of H-pyrrole nitrogens is 1. The molecule has 0 unspecified atom stereocenters. The van der Waals surface area contributed by atoms with Gasteiger partial charge in [-0.3, -0.25) is 9.78 Å². The molecule has 2 N–H and O–H groups in total. The molecular formula is C26H21N5O3. The summed E-state index contributed by atoms with van der Waals surface area (Å²) in [7, 11) is 0. The molecule has 0 saturated heterocycles. The zero-order chi connectivity index (χ0) is 23.2. The van der Waals surface area contributed by atoms with Gasteiger partial charge < -0.3 is 14.5 Å². The molecule has 168 valence electrons. The fourth-order valence-corrected chi connectivity index (χ4v) is 3.42. The van der Waals surface area contributed by atoms with Crippen LogP contribution >= 0.6 is 0 Å². The van der Waals surface area contributed by atoms with E-state index in [0.29, 0.717) is 23.6 Å². The number of hydrazone groups is 1. The van der Waals surface area contributed by atoms with Gasteiger partial charge in [0.1, 0.15) is 29.4 Å². The fourth-order valence-electron chi connectivity index (χ4n) is 3.42. The highest BCUT2D eigenvalue weighted by atomic mass is 16.5. The van der Waals surface area contributed by atoms with Gasteiger partial charge in [-0.2, -0.15) is 5.10 Å². The lowest BCUT2D eigenvalue weighted by molar-refractivity contribution is -0.123. The number of para-hydroxylation sites is 3. The number of hydrogen-bond donors (Lipinski definition) is 2. The second-order valence-electron chi connectivity index (χ2n) is 7.47. The Bertz CT molecular complexity index is 1420. The summed E-state index contributed by atoms with van der Waals surface area (Å²) >= 11 is 0. The Kier molecular flexibility index (Phi) is 6.11. The van der Waals surface area contributed by atoms with Crippen molar-refractivity contribution in [1.29, 1.82) is 0 Å². The zero-order valence-corrected chi connectivity index (χ0v) is 18.1. The Morgan fingerprint density at radius 2 is 1.82 bits per heavy atom. The van der Waals surface area contributed by atoms with Crippen LogP contribution in [0.1, 0.15) is 11.4 Å². The number of amides is 1. The molecule has 0 saturated carbocycles. The van der Waals surface area contributed by atoms with Crippen LogP contribution in [0.25, 0.3) is 21.9 Å². The Balaban J connectivity index is 1.10. The minimum atomic E-state index is -0.366. The van der Waals surface area contributed by atoms with E-state index in [2.05, 4.69) is 25.5 Å². The minimum Gasteiger partial charge on any atom is -0.486 e. The molecule has 0 aliphatic heterocycles. The largest absolute Gasteiger partial charge is 0.486 e. The number of nitrogens with zero attached hydrogens (tertiary/aromatic N) is 3. The Hall–Kier alpha value is -4.72. The number of imidazole rings is 1. The summed E-state index contributed by atoms with van der Waals surface area (Å²) < 4.78 is 11.4. The van der Waals surface area contributed by atoms with Crippen molar-refractivity contribution in [3.8, 4) is 11.5 Å². The second-order valence-corrected chi connectivity index (χ2v) is 7.47. The number of rotatable bonds is 8. The first kappa shape index (κ1) is 21.1. The van der Waals surface area contributed by atoms with Crippen LogP contribution in [0, 0.1) is 0 Å². The number of fused-ring (bicyclic) bond motifs is 2. The molecule has 3 aromatic carbocycles. The molecule has 0 fully saturated rings. The summed E-state index contributed by atoms with van der Waals surface area (Å²) in [4.78, 5) is 24.1. The van der Waals surface area contributed by atoms with Crippen LogP contribution < -0.4 is 14.9 Å². The standard InChI is InChI=1S/C26H21N5O3/c32-25(17-34-23-9-3-5-19-6-4-14-27-26(19)23)31-28-15-18-10-12-20(13-11-18)33-16-24-29-21-7-1-2-8-22(21)30-24/h1-15H,16-17H2,(H,29,30)(H,31,32)/b28-15-. The quantitative estimate of drug-likeness (QED) is 0.272. The maximum Gasteiger partial charge on any atom is 0.277 e. The van der Waals surface area contributed by atoms with Crippen LogP contribution in [0.4, 0.5) is 0 Å². The number of carbonyl (C=O) groups excluding carboxylic acids is 1. The van der Waals surface area contributed by atoms with Crippen molar-refractivity contribution in [3.05, 3.63) is 96.4 Å². The number of aromatic amines is 1. The number of nitrogens with one attached hydrogen (secondary N) is 2. The van der Waals surface area contributed by atoms with Crippen molar-refractivity contribution < 1.29 is 14.3 Å². The molecule has 34 heavy (non-hydrogen) atoms. The number of benzene rings is 3. The maximum atomic E-state index is 12.1. The van der Waals surface area contributed by atoms with Crippen LogP contribution in [0.3, 0.4) is 0 Å². The lowest BCUT2D eigenvalue weighted by Crippen LogP contribution is -2.24. The van der Waals surface area contributed by atoms with E-state index in [1.807, 2.05) is 72.8 Å². The third-order valence-corrected chi connectivity index (χ3v) is 5.05. The molecule has 5 aromatic rings. The predicted molar refractivity (Wildman–Crippen MR) is 130 cm³/mol. The Labute approximate surface area is 195 Å². The average molecular weight is 451 g/mol. The number of carbonyl (C=O) groups is 1. The summed E-state index contributed by atoms with van der Waals surface area (Å²) in [6, 6.07) is 24.6. The van der Waals surface area contributed by atoms with Gasteiger partial charge in [0, 0.05) is 11.6 Å². The molecule has 0 spiro atoms. The average Bonchev–Trinajstić information content (AvgIpc) is 3.30. The molecule has 0 atom stereocenters. The van der Waals surface area contributed by atoms with Crippen LogP contribution in [0.15, 0.2) is 90.2 Å². The van der Waals surface area contributed by atoms with Gasteiger partial charge in [0.25, 0.3) is 5.91 Å². The molecule has 0 aliphatic rings. The van der Waals surface area contributed by atoms with Gasteiger partial charge >= 0.3 is 0 Å². The lowest BCUT2D eigenvalue weighted by atomic mass is 10.2. The van der Waals surface area contributed by atoms with E-state index in [-0.39, 0.29) is 12.5 Å². The normalized spacial score (nSPS) is 11.2. The number of aromatic nitrogens is 3. The van der Waals surface area contributed by atoms with Gasteiger partial charge in [-0.15, -0.1) is 0 Å². The highest BCUT2D eigenvalue weighted by molar-refractivity contribution is 5.85. The lowest BCUT2D eigenvalue weighted by Gasteiger charge is -2.07. The monoisotopic (exact) mass is 451 g/mol. The minimum absolute atomic E-state index is 0.165. The van der Waals surface area contributed by atoms with Crippen molar-refractivity contribution in [2.24, 2.45) is 5.10 Å². The molecule has 0 bridgehead atoms. The van der Waals surface area contributed by atoms with Crippen LogP contribution in [0.5, 0.6) is 11.5 Å². The molecular weight excluding hydrogens is 430 g/mol. The van der Waals surface area contributed by atoms with Crippen molar-refractivity contribution in [2.45, 2.75) is 6.61 Å². The summed E-state index contributed by atoms with van der Waals surface area (Å²) in [5.41, 5.74) is 5.88.